The number of carbonyl (C=O) groups excluding carboxylic acids is 1. The normalized spacial score (nSPS) is 12.3. The SMILES string of the molecule is Cc1ccc(Br)c(NC(=O)C(C)CCl)c1. The van der Waals surface area contributed by atoms with Gasteiger partial charge in [0.1, 0.15) is 0 Å². The maximum Gasteiger partial charge on any atom is 0.228 e. The number of hydrogen-bond acceptors (Lipinski definition) is 1. The minimum atomic E-state index is -0.181. The van der Waals surface area contributed by atoms with E-state index in [9.17, 15) is 4.79 Å². The summed E-state index contributed by atoms with van der Waals surface area (Å²) in [5.74, 6) is 0.0882. The van der Waals surface area contributed by atoms with E-state index in [0.717, 1.165) is 15.7 Å². The number of nitrogens with one attached hydrogen (secondary N) is 1. The summed E-state index contributed by atoms with van der Waals surface area (Å²) in [4.78, 5) is 11.6. The molecule has 0 spiro atoms. The fraction of sp³-hybridized carbons (Fsp3) is 0.364. The molecule has 2 nitrogen and oxygen atoms in total. The van der Waals surface area contributed by atoms with Gasteiger partial charge in [0, 0.05) is 16.3 Å². The predicted molar refractivity (Wildman–Crippen MR) is 67.4 cm³/mol. The van der Waals surface area contributed by atoms with E-state index >= 15 is 0 Å². The molecular formula is C11H13BrClNO. The molecule has 0 radical (unpaired) electrons. The quantitative estimate of drug-likeness (QED) is 0.847. The van der Waals surface area contributed by atoms with E-state index in [-0.39, 0.29) is 11.8 Å². The summed E-state index contributed by atoms with van der Waals surface area (Å²) in [6, 6.07) is 5.81. The van der Waals surface area contributed by atoms with Crippen molar-refractivity contribution in [2.24, 2.45) is 5.92 Å². The number of carbonyl (C=O) groups is 1. The lowest BCUT2D eigenvalue weighted by Crippen LogP contribution is -2.21. The lowest BCUT2D eigenvalue weighted by Gasteiger charge is -2.11. The van der Waals surface area contributed by atoms with Crippen molar-refractivity contribution in [2.75, 3.05) is 11.2 Å². The van der Waals surface area contributed by atoms with Crippen LogP contribution in [0.3, 0.4) is 0 Å². The Kier molecular flexibility index (Phi) is 4.61. The van der Waals surface area contributed by atoms with E-state index in [1.165, 1.54) is 0 Å². The molecule has 0 aromatic heterocycles. The molecule has 0 aliphatic carbocycles. The number of benzene rings is 1. The molecule has 1 aromatic carbocycles. The zero-order valence-corrected chi connectivity index (χ0v) is 11.0. The van der Waals surface area contributed by atoms with Crippen molar-refractivity contribution in [3.63, 3.8) is 0 Å². The van der Waals surface area contributed by atoms with Gasteiger partial charge in [-0.15, -0.1) is 11.6 Å². The van der Waals surface area contributed by atoms with Gasteiger partial charge in [-0.25, -0.2) is 0 Å². The lowest BCUT2D eigenvalue weighted by atomic mass is 10.2. The molecule has 15 heavy (non-hydrogen) atoms. The molecule has 1 atom stereocenters. The largest absolute Gasteiger partial charge is 0.325 e. The molecule has 1 amide bonds. The van der Waals surface area contributed by atoms with Gasteiger partial charge >= 0.3 is 0 Å². The van der Waals surface area contributed by atoms with Crippen molar-refractivity contribution >= 4 is 39.1 Å². The van der Waals surface area contributed by atoms with Crippen LogP contribution >= 0.6 is 27.5 Å². The van der Waals surface area contributed by atoms with Crippen LogP contribution in [0.4, 0.5) is 5.69 Å². The number of rotatable bonds is 3. The van der Waals surface area contributed by atoms with Crippen LogP contribution in [0.2, 0.25) is 0 Å². The highest BCUT2D eigenvalue weighted by Crippen LogP contribution is 2.23. The topological polar surface area (TPSA) is 29.1 Å². The second-order valence-corrected chi connectivity index (χ2v) is 4.69. The van der Waals surface area contributed by atoms with E-state index in [4.69, 9.17) is 11.6 Å². The van der Waals surface area contributed by atoms with Crippen LogP contribution in [0.15, 0.2) is 22.7 Å². The minimum absolute atomic E-state index is 0.0590. The zero-order chi connectivity index (χ0) is 11.4. The van der Waals surface area contributed by atoms with Crippen molar-refractivity contribution < 1.29 is 4.79 Å². The highest BCUT2D eigenvalue weighted by atomic mass is 79.9. The van der Waals surface area contributed by atoms with Crippen molar-refractivity contribution in [1.82, 2.24) is 0 Å². The molecule has 1 N–H and O–H groups in total. The van der Waals surface area contributed by atoms with Gasteiger partial charge in [0.05, 0.1) is 5.69 Å². The standard InChI is InChI=1S/C11H13BrClNO/c1-7-3-4-9(12)10(5-7)14-11(15)8(2)6-13/h3-5,8H,6H2,1-2H3,(H,14,15). The summed E-state index contributed by atoms with van der Waals surface area (Å²) in [6.45, 7) is 3.78. The van der Waals surface area contributed by atoms with Gasteiger partial charge in [-0.05, 0) is 40.5 Å². The van der Waals surface area contributed by atoms with Crippen LogP contribution < -0.4 is 5.32 Å². The maximum absolute atomic E-state index is 11.6. The smallest absolute Gasteiger partial charge is 0.228 e. The van der Waals surface area contributed by atoms with Crippen LogP contribution in [-0.2, 0) is 4.79 Å². The summed E-state index contributed by atoms with van der Waals surface area (Å²) in [5.41, 5.74) is 1.89. The van der Waals surface area contributed by atoms with Crippen molar-refractivity contribution in [3.8, 4) is 0 Å². The van der Waals surface area contributed by atoms with Gasteiger partial charge in [0.25, 0.3) is 0 Å². The van der Waals surface area contributed by atoms with E-state index in [1.54, 1.807) is 6.92 Å². The molecule has 1 rings (SSSR count). The molecule has 4 heteroatoms. The molecule has 0 fully saturated rings. The Morgan fingerprint density at radius 3 is 2.87 bits per heavy atom. The highest BCUT2D eigenvalue weighted by Gasteiger charge is 2.12. The van der Waals surface area contributed by atoms with E-state index in [1.807, 2.05) is 25.1 Å². The third-order valence-electron chi connectivity index (χ3n) is 2.06. The van der Waals surface area contributed by atoms with Gasteiger partial charge in [0.2, 0.25) is 5.91 Å². The van der Waals surface area contributed by atoms with Crippen molar-refractivity contribution in [3.05, 3.63) is 28.2 Å². The minimum Gasteiger partial charge on any atom is -0.325 e. The van der Waals surface area contributed by atoms with Crippen LogP contribution in [-0.4, -0.2) is 11.8 Å². The molecule has 0 aliphatic rings. The van der Waals surface area contributed by atoms with Gasteiger partial charge < -0.3 is 5.32 Å². The Labute approximate surface area is 103 Å². The Hall–Kier alpha value is -0.540. The highest BCUT2D eigenvalue weighted by molar-refractivity contribution is 9.10. The average molecular weight is 291 g/mol. The molecule has 0 aliphatic heterocycles. The number of hydrogen-bond donors (Lipinski definition) is 1. The summed E-state index contributed by atoms with van der Waals surface area (Å²) in [6.07, 6.45) is 0. The fourth-order valence-corrected chi connectivity index (χ4v) is 1.55. The second kappa shape index (κ2) is 5.52. The first-order chi connectivity index (χ1) is 7.04. The lowest BCUT2D eigenvalue weighted by molar-refractivity contribution is -0.118. The summed E-state index contributed by atoms with van der Waals surface area (Å²) in [7, 11) is 0. The number of aryl methyl sites for hydroxylation is 1. The molecule has 0 saturated carbocycles. The van der Waals surface area contributed by atoms with Crippen molar-refractivity contribution in [1.29, 1.82) is 0 Å². The summed E-state index contributed by atoms with van der Waals surface area (Å²) >= 11 is 8.99. The number of amides is 1. The van der Waals surface area contributed by atoms with Gasteiger partial charge in [-0.3, -0.25) is 4.79 Å². The van der Waals surface area contributed by atoms with Crippen LogP contribution in [0, 0.1) is 12.8 Å². The average Bonchev–Trinajstić information content (AvgIpc) is 2.22. The fourth-order valence-electron chi connectivity index (χ4n) is 1.06. The van der Waals surface area contributed by atoms with Crippen LogP contribution in [0.5, 0.6) is 0 Å². The third-order valence-corrected chi connectivity index (χ3v) is 3.21. The van der Waals surface area contributed by atoms with Crippen molar-refractivity contribution in [2.45, 2.75) is 13.8 Å². The molecule has 82 valence electrons. The third kappa shape index (κ3) is 3.50. The number of anilines is 1. The van der Waals surface area contributed by atoms with E-state index in [0.29, 0.717) is 5.88 Å². The Morgan fingerprint density at radius 2 is 2.27 bits per heavy atom. The Morgan fingerprint density at radius 1 is 1.60 bits per heavy atom. The Balaban J connectivity index is 2.80. The molecule has 0 saturated heterocycles. The van der Waals surface area contributed by atoms with E-state index in [2.05, 4.69) is 21.2 Å². The second-order valence-electron chi connectivity index (χ2n) is 3.53. The van der Waals surface area contributed by atoms with Crippen LogP contribution in [0.1, 0.15) is 12.5 Å². The number of alkyl halides is 1. The number of halogens is 2. The first-order valence-corrected chi connectivity index (χ1v) is 6.00. The monoisotopic (exact) mass is 289 g/mol. The van der Waals surface area contributed by atoms with Gasteiger partial charge in [-0.1, -0.05) is 13.0 Å². The Bertz CT molecular complexity index is 368. The zero-order valence-electron chi connectivity index (χ0n) is 8.68. The summed E-state index contributed by atoms with van der Waals surface area (Å²) < 4.78 is 0.878. The molecule has 1 aromatic rings. The molecule has 0 bridgehead atoms. The van der Waals surface area contributed by atoms with Gasteiger partial charge in [-0.2, -0.15) is 0 Å². The predicted octanol–water partition coefficient (Wildman–Crippen LogP) is 3.57. The van der Waals surface area contributed by atoms with Gasteiger partial charge in [0.15, 0.2) is 0 Å². The first-order valence-electron chi connectivity index (χ1n) is 4.67. The summed E-state index contributed by atoms with van der Waals surface area (Å²) in [5, 5.41) is 2.83. The molecular weight excluding hydrogens is 277 g/mol. The maximum atomic E-state index is 11.6. The molecule has 1 unspecified atom stereocenters. The van der Waals surface area contributed by atoms with Crippen LogP contribution in [0.25, 0.3) is 0 Å². The first kappa shape index (κ1) is 12.5. The van der Waals surface area contributed by atoms with E-state index < -0.39 is 0 Å². The molecule has 0 heterocycles.